The lowest BCUT2D eigenvalue weighted by Crippen LogP contribution is -2.49. The summed E-state index contributed by atoms with van der Waals surface area (Å²) in [5.74, 6) is 0. The zero-order chi connectivity index (χ0) is 7.03. The molecule has 10 heavy (non-hydrogen) atoms. The van der Waals surface area contributed by atoms with Gasteiger partial charge in [0.15, 0.2) is 0 Å². The SMILES string of the molecule is OC[C@H]1CNC2(CC2)CO1. The molecule has 2 fully saturated rings. The molecule has 2 aliphatic rings. The largest absolute Gasteiger partial charge is 0.394 e. The zero-order valence-corrected chi connectivity index (χ0v) is 5.97. The summed E-state index contributed by atoms with van der Waals surface area (Å²) in [5, 5.41) is 12.1. The molecule has 0 radical (unpaired) electrons. The fraction of sp³-hybridized carbons (Fsp3) is 1.00. The van der Waals surface area contributed by atoms with Crippen molar-refractivity contribution in [3.05, 3.63) is 0 Å². The quantitative estimate of drug-likeness (QED) is 0.520. The average Bonchev–Trinajstić information content (AvgIpc) is 2.72. The Labute approximate surface area is 60.4 Å². The van der Waals surface area contributed by atoms with Gasteiger partial charge in [-0.3, -0.25) is 0 Å². The van der Waals surface area contributed by atoms with Gasteiger partial charge in [-0.05, 0) is 12.8 Å². The standard InChI is InChI=1S/C7H13NO2/c9-4-6-3-8-7(1-2-7)5-10-6/h6,8-9H,1-5H2/t6-/m1/s1. The Hall–Kier alpha value is -0.120. The van der Waals surface area contributed by atoms with Crippen molar-refractivity contribution in [2.24, 2.45) is 0 Å². The molecular weight excluding hydrogens is 130 g/mol. The molecule has 0 bridgehead atoms. The molecule has 0 amide bonds. The Bertz CT molecular complexity index is 124. The Morgan fingerprint density at radius 2 is 2.40 bits per heavy atom. The Morgan fingerprint density at radius 3 is 2.80 bits per heavy atom. The van der Waals surface area contributed by atoms with E-state index in [1.807, 2.05) is 0 Å². The van der Waals surface area contributed by atoms with Crippen molar-refractivity contribution in [3.8, 4) is 0 Å². The fourth-order valence-corrected chi connectivity index (χ4v) is 1.31. The Kier molecular flexibility index (Phi) is 1.44. The van der Waals surface area contributed by atoms with E-state index in [2.05, 4.69) is 5.32 Å². The van der Waals surface area contributed by atoms with Crippen LogP contribution in [0.1, 0.15) is 12.8 Å². The molecule has 1 saturated carbocycles. The van der Waals surface area contributed by atoms with Crippen LogP contribution in [0.4, 0.5) is 0 Å². The molecule has 58 valence electrons. The summed E-state index contributed by atoms with van der Waals surface area (Å²) in [6.07, 6.45) is 2.52. The second kappa shape index (κ2) is 2.19. The molecule has 0 aromatic heterocycles. The van der Waals surface area contributed by atoms with Gasteiger partial charge in [0.05, 0.1) is 19.3 Å². The average molecular weight is 143 g/mol. The molecule has 2 N–H and O–H groups in total. The molecule has 0 aromatic rings. The second-order valence-electron chi connectivity index (χ2n) is 3.28. The predicted octanol–water partition coefficient (Wildman–Crippen LogP) is -0.500. The van der Waals surface area contributed by atoms with Gasteiger partial charge in [-0.25, -0.2) is 0 Å². The summed E-state index contributed by atoms with van der Waals surface area (Å²) in [6.45, 7) is 1.75. The first-order chi connectivity index (χ1) is 4.85. The molecule has 1 saturated heterocycles. The number of hydrogen-bond acceptors (Lipinski definition) is 3. The van der Waals surface area contributed by atoms with E-state index in [0.29, 0.717) is 5.54 Å². The van der Waals surface area contributed by atoms with Crippen LogP contribution >= 0.6 is 0 Å². The summed E-state index contributed by atoms with van der Waals surface area (Å²) >= 11 is 0. The minimum absolute atomic E-state index is 0.0335. The van der Waals surface area contributed by atoms with E-state index in [1.54, 1.807) is 0 Å². The van der Waals surface area contributed by atoms with Gasteiger partial charge >= 0.3 is 0 Å². The number of aliphatic hydroxyl groups excluding tert-OH is 1. The van der Waals surface area contributed by atoms with Gasteiger partial charge in [0.1, 0.15) is 0 Å². The van der Waals surface area contributed by atoms with Crippen LogP contribution in [0.25, 0.3) is 0 Å². The van der Waals surface area contributed by atoms with Crippen molar-refractivity contribution in [2.45, 2.75) is 24.5 Å². The van der Waals surface area contributed by atoms with Crippen LogP contribution in [0.5, 0.6) is 0 Å². The van der Waals surface area contributed by atoms with Crippen molar-refractivity contribution in [1.82, 2.24) is 5.32 Å². The highest BCUT2D eigenvalue weighted by Crippen LogP contribution is 2.37. The fourth-order valence-electron chi connectivity index (χ4n) is 1.31. The Balaban J connectivity index is 1.84. The maximum absolute atomic E-state index is 8.72. The molecule has 1 spiro atoms. The van der Waals surface area contributed by atoms with E-state index in [-0.39, 0.29) is 12.7 Å². The van der Waals surface area contributed by atoms with E-state index >= 15 is 0 Å². The van der Waals surface area contributed by atoms with E-state index in [4.69, 9.17) is 9.84 Å². The topological polar surface area (TPSA) is 41.5 Å². The Morgan fingerprint density at radius 1 is 1.60 bits per heavy atom. The first-order valence-electron chi connectivity index (χ1n) is 3.82. The van der Waals surface area contributed by atoms with Crippen molar-refractivity contribution in [1.29, 1.82) is 0 Å². The third-order valence-corrected chi connectivity index (χ3v) is 2.36. The summed E-state index contributed by atoms with van der Waals surface area (Å²) in [6, 6.07) is 0. The van der Waals surface area contributed by atoms with Crippen molar-refractivity contribution in [3.63, 3.8) is 0 Å². The van der Waals surface area contributed by atoms with Gasteiger partial charge in [0.25, 0.3) is 0 Å². The number of aliphatic hydroxyl groups is 1. The van der Waals surface area contributed by atoms with Crippen LogP contribution in [-0.4, -0.2) is 36.5 Å². The third-order valence-electron chi connectivity index (χ3n) is 2.36. The van der Waals surface area contributed by atoms with E-state index in [0.717, 1.165) is 13.2 Å². The first-order valence-corrected chi connectivity index (χ1v) is 3.82. The predicted molar refractivity (Wildman–Crippen MR) is 36.8 cm³/mol. The lowest BCUT2D eigenvalue weighted by molar-refractivity contribution is -0.0312. The highest BCUT2D eigenvalue weighted by molar-refractivity contribution is 5.04. The molecule has 0 unspecified atom stereocenters. The first kappa shape index (κ1) is 6.58. The molecule has 3 nitrogen and oxygen atoms in total. The molecule has 3 heteroatoms. The summed E-state index contributed by atoms with van der Waals surface area (Å²) in [4.78, 5) is 0. The van der Waals surface area contributed by atoms with Crippen LogP contribution in [-0.2, 0) is 4.74 Å². The molecule has 2 rings (SSSR count). The molecule has 1 atom stereocenters. The van der Waals surface area contributed by atoms with Gasteiger partial charge in [0.2, 0.25) is 0 Å². The maximum Gasteiger partial charge on any atom is 0.0930 e. The highest BCUT2D eigenvalue weighted by atomic mass is 16.5. The van der Waals surface area contributed by atoms with Gasteiger partial charge in [-0.15, -0.1) is 0 Å². The number of nitrogens with one attached hydrogen (secondary N) is 1. The molecule has 1 heterocycles. The lowest BCUT2D eigenvalue weighted by Gasteiger charge is -2.29. The van der Waals surface area contributed by atoms with Crippen LogP contribution in [0.3, 0.4) is 0 Å². The minimum atomic E-state index is 0.0335. The number of hydrogen-bond donors (Lipinski definition) is 2. The zero-order valence-electron chi connectivity index (χ0n) is 5.97. The van der Waals surface area contributed by atoms with Crippen LogP contribution in [0.15, 0.2) is 0 Å². The van der Waals surface area contributed by atoms with Crippen LogP contribution < -0.4 is 5.32 Å². The van der Waals surface area contributed by atoms with Gasteiger partial charge < -0.3 is 15.2 Å². The third kappa shape index (κ3) is 1.05. The summed E-state index contributed by atoms with van der Waals surface area (Å²) in [5.41, 5.74) is 0.325. The minimum Gasteiger partial charge on any atom is -0.394 e. The van der Waals surface area contributed by atoms with E-state index in [1.165, 1.54) is 12.8 Å². The van der Waals surface area contributed by atoms with Crippen molar-refractivity contribution >= 4 is 0 Å². The maximum atomic E-state index is 8.72. The van der Waals surface area contributed by atoms with Crippen LogP contribution in [0.2, 0.25) is 0 Å². The van der Waals surface area contributed by atoms with Gasteiger partial charge in [0, 0.05) is 12.1 Å². The summed E-state index contributed by atoms with van der Waals surface area (Å²) in [7, 11) is 0. The number of morpholine rings is 1. The smallest absolute Gasteiger partial charge is 0.0930 e. The molecule has 1 aliphatic heterocycles. The lowest BCUT2D eigenvalue weighted by atomic mass is 10.2. The highest BCUT2D eigenvalue weighted by Gasteiger charge is 2.45. The monoisotopic (exact) mass is 143 g/mol. The normalized spacial score (nSPS) is 36.3. The summed E-state index contributed by atoms with van der Waals surface area (Å²) < 4.78 is 5.39. The number of ether oxygens (including phenoxy) is 1. The number of rotatable bonds is 1. The van der Waals surface area contributed by atoms with Gasteiger partial charge in [-0.1, -0.05) is 0 Å². The molecule has 1 aliphatic carbocycles. The van der Waals surface area contributed by atoms with Crippen LogP contribution in [0, 0.1) is 0 Å². The molecule has 0 aromatic carbocycles. The van der Waals surface area contributed by atoms with E-state index < -0.39 is 0 Å². The molecular formula is C7H13NO2. The van der Waals surface area contributed by atoms with Crippen molar-refractivity contribution in [2.75, 3.05) is 19.8 Å². The van der Waals surface area contributed by atoms with E-state index in [9.17, 15) is 0 Å². The second-order valence-corrected chi connectivity index (χ2v) is 3.28. The van der Waals surface area contributed by atoms with Gasteiger partial charge in [-0.2, -0.15) is 0 Å². The van der Waals surface area contributed by atoms with Crippen molar-refractivity contribution < 1.29 is 9.84 Å².